The summed E-state index contributed by atoms with van der Waals surface area (Å²) in [5.74, 6) is -0.251. The van der Waals surface area contributed by atoms with Crippen LogP contribution in [-0.4, -0.2) is 39.3 Å². The lowest BCUT2D eigenvalue weighted by Gasteiger charge is -2.10. The minimum Gasteiger partial charge on any atom is -0.504 e. The number of aryl methyl sites for hydroxylation is 1. The number of carboxylic acids is 1. The number of aliphatic carboxylic acids is 1. The lowest BCUT2D eigenvalue weighted by Crippen LogP contribution is -2.24. The quantitative estimate of drug-likeness (QED) is 0.440. The van der Waals surface area contributed by atoms with E-state index in [2.05, 4.69) is 15.0 Å². The second kappa shape index (κ2) is 8.35. The van der Waals surface area contributed by atoms with Gasteiger partial charge in [-0.1, -0.05) is 11.6 Å². The first-order chi connectivity index (χ1) is 14.9. The zero-order valence-electron chi connectivity index (χ0n) is 17.0. The molecule has 8 heteroatoms. The predicted molar refractivity (Wildman–Crippen MR) is 114 cm³/mol. The van der Waals surface area contributed by atoms with Gasteiger partial charge in [0.15, 0.2) is 17.5 Å². The smallest absolute Gasteiger partial charge is 0.328 e. The number of nitrogens with one attached hydrogen (secondary N) is 1. The van der Waals surface area contributed by atoms with Crippen LogP contribution in [0.3, 0.4) is 0 Å². The van der Waals surface area contributed by atoms with Gasteiger partial charge in [0.25, 0.3) is 0 Å². The molecule has 0 spiro atoms. The van der Waals surface area contributed by atoms with E-state index < -0.39 is 12.0 Å². The van der Waals surface area contributed by atoms with Gasteiger partial charge < -0.3 is 24.4 Å². The van der Waals surface area contributed by atoms with Crippen molar-refractivity contribution < 1.29 is 24.2 Å². The Morgan fingerprint density at radius 3 is 2.81 bits per heavy atom. The van der Waals surface area contributed by atoms with Gasteiger partial charge >= 0.3 is 5.97 Å². The van der Waals surface area contributed by atoms with Gasteiger partial charge in [-0.15, -0.1) is 0 Å². The Bertz CT molecular complexity index is 1310. The molecule has 0 aliphatic carbocycles. The molecule has 0 amide bonds. The number of aromatic hydroxyl groups is 1. The molecule has 1 atom stereocenters. The summed E-state index contributed by atoms with van der Waals surface area (Å²) in [4.78, 5) is 23.3. The van der Waals surface area contributed by atoms with Crippen LogP contribution in [0.4, 0.5) is 0 Å². The van der Waals surface area contributed by atoms with Crippen molar-refractivity contribution in [2.75, 3.05) is 7.11 Å². The first-order valence-corrected chi connectivity index (χ1v) is 9.60. The highest BCUT2D eigenvalue weighted by atomic mass is 16.5. The molecule has 3 N–H and O–H groups in total. The topological polar surface area (TPSA) is 121 Å². The molecule has 0 aliphatic rings. The summed E-state index contributed by atoms with van der Waals surface area (Å²) in [7, 11) is 1.47. The summed E-state index contributed by atoms with van der Waals surface area (Å²) in [6.45, 7) is 1.95. The largest absolute Gasteiger partial charge is 0.504 e. The molecular weight excluding hydrogens is 398 g/mol. The molecule has 2 aromatic heterocycles. The maximum Gasteiger partial charge on any atom is 0.328 e. The summed E-state index contributed by atoms with van der Waals surface area (Å²) >= 11 is 0. The van der Waals surface area contributed by atoms with E-state index in [9.17, 15) is 15.0 Å². The SMILES string of the molecule is COc1cc(-c2cc(=N[C@H](Cc3cnc[nH]3)C(=O)O)c3cc(C)ccc3o2)ccc1O. The number of aromatic amines is 1. The van der Waals surface area contributed by atoms with Crippen molar-refractivity contribution in [2.24, 2.45) is 4.99 Å². The van der Waals surface area contributed by atoms with Gasteiger partial charge in [0, 0.05) is 35.3 Å². The van der Waals surface area contributed by atoms with Gasteiger partial charge in [0.05, 0.1) is 18.8 Å². The van der Waals surface area contributed by atoms with Crippen LogP contribution in [0.2, 0.25) is 0 Å². The first kappa shape index (κ1) is 20.2. The van der Waals surface area contributed by atoms with Crippen molar-refractivity contribution in [3.05, 3.63) is 71.6 Å². The molecule has 4 rings (SSSR count). The fourth-order valence-electron chi connectivity index (χ4n) is 3.32. The third-order valence-corrected chi connectivity index (χ3v) is 4.91. The highest BCUT2D eigenvalue weighted by Crippen LogP contribution is 2.32. The Balaban J connectivity index is 1.91. The molecule has 8 nitrogen and oxygen atoms in total. The van der Waals surface area contributed by atoms with E-state index in [4.69, 9.17) is 9.15 Å². The number of rotatable bonds is 6. The second-order valence-electron chi connectivity index (χ2n) is 7.15. The lowest BCUT2D eigenvalue weighted by molar-refractivity contribution is -0.138. The van der Waals surface area contributed by atoms with Crippen LogP contribution in [0.5, 0.6) is 11.5 Å². The van der Waals surface area contributed by atoms with Crippen molar-refractivity contribution in [1.29, 1.82) is 0 Å². The summed E-state index contributed by atoms with van der Waals surface area (Å²) in [6, 6.07) is 11.2. The Hall–Kier alpha value is -4.07. The van der Waals surface area contributed by atoms with Crippen molar-refractivity contribution >= 4 is 16.9 Å². The third kappa shape index (κ3) is 4.28. The molecule has 0 aliphatic heterocycles. The van der Waals surface area contributed by atoms with Gasteiger partial charge in [0.2, 0.25) is 0 Å². The number of ether oxygens (including phenoxy) is 1. The molecule has 2 heterocycles. The van der Waals surface area contributed by atoms with Crippen molar-refractivity contribution in [2.45, 2.75) is 19.4 Å². The maximum absolute atomic E-state index is 11.9. The predicted octanol–water partition coefficient (Wildman–Crippen LogP) is 3.44. The molecule has 0 bridgehead atoms. The Morgan fingerprint density at radius 2 is 2.10 bits per heavy atom. The Morgan fingerprint density at radius 1 is 1.26 bits per heavy atom. The van der Waals surface area contributed by atoms with Crippen LogP contribution in [0.15, 0.2) is 64.4 Å². The fraction of sp³-hybridized carbons (Fsp3) is 0.174. The minimum absolute atomic E-state index is 0.0121. The average molecular weight is 419 g/mol. The second-order valence-corrected chi connectivity index (χ2v) is 7.15. The number of carboxylic acid groups (broad SMARTS) is 1. The number of hydrogen-bond donors (Lipinski definition) is 3. The normalized spacial score (nSPS) is 12.8. The monoisotopic (exact) mass is 419 g/mol. The van der Waals surface area contributed by atoms with E-state index in [1.807, 2.05) is 25.1 Å². The third-order valence-electron chi connectivity index (χ3n) is 4.91. The van der Waals surface area contributed by atoms with Gasteiger partial charge in [-0.2, -0.15) is 0 Å². The van der Waals surface area contributed by atoms with Crippen molar-refractivity contribution in [3.8, 4) is 22.8 Å². The molecule has 0 radical (unpaired) electrons. The van der Waals surface area contributed by atoms with E-state index >= 15 is 0 Å². The number of H-pyrrole nitrogens is 1. The zero-order chi connectivity index (χ0) is 22.0. The van der Waals surface area contributed by atoms with Gasteiger partial charge in [-0.3, -0.25) is 4.99 Å². The van der Waals surface area contributed by atoms with Crippen LogP contribution in [0.25, 0.3) is 22.3 Å². The number of phenols is 1. The molecule has 0 unspecified atom stereocenters. The average Bonchev–Trinajstić information content (AvgIpc) is 3.27. The standard InChI is InChI=1S/C23H21N3O5/c1-13-3-6-20-16(7-13)17(26-18(23(28)29)9-15-11-24-12-25-15)10-21(31-20)14-4-5-19(27)22(8-14)30-2/h3-8,10-12,18,27H,9H2,1-2H3,(H,24,25)(H,28,29)/t18-/m1/s1. The molecule has 31 heavy (non-hydrogen) atoms. The van der Waals surface area contributed by atoms with Gasteiger partial charge in [-0.25, -0.2) is 9.78 Å². The van der Waals surface area contributed by atoms with Gasteiger partial charge in [-0.05, 0) is 37.3 Å². The van der Waals surface area contributed by atoms with E-state index in [1.54, 1.807) is 24.4 Å². The van der Waals surface area contributed by atoms with Gasteiger partial charge in [0.1, 0.15) is 11.3 Å². The zero-order valence-corrected chi connectivity index (χ0v) is 17.0. The van der Waals surface area contributed by atoms with Crippen molar-refractivity contribution in [3.63, 3.8) is 0 Å². The molecule has 0 saturated carbocycles. The number of carbonyl (C=O) groups is 1. The van der Waals surface area contributed by atoms with Crippen LogP contribution >= 0.6 is 0 Å². The Labute approximate surface area is 177 Å². The molecular formula is C23H21N3O5. The molecule has 4 aromatic rings. The van der Waals surface area contributed by atoms with Crippen molar-refractivity contribution in [1.82, 2.24) is 9.97 Å². The molecule has 2 aromatic carbocycles. The number of nitrogens with zero attached hydrogens (tertiary/aromatic N) is 2. The number of aromatic nitrogens is 2. The van der Waals surface area contributed by atoms with Crippen LogP contribution in [-0.2, 0) is 11.2 Å². The highest BCUT2D eigenvalue weighted by Gasteiger charge is 2.18. The molecule has 158 valence electrons. The number of methoxy groups -OCH3 is 1. The highest BCUT2D eigenvalue weighted by molar-refractivity contribution is 5.80. The van der Waals surface area contributed by atoms with Crippen LogP contribution < -0.4 is 10.1 Å². The summed E-state index contributed by atoms with van der Waals surface area (Å²) in [5.41, 5.74) is 2.91. The number of phenolic OH excluding ortho intramolecular Hbond substituents is 1. The summed E-state index contributed by atoms with van der Waals surface area (Å²) in [6.07, 6.45) is 3.27. The molecule has 0 saturated heterocycles. The number of hydrogen-bond acceptors (Lipinski definition) is 6. The van der Waals surface area contributed by atoms with E-state index in [0.29, 0.717) is 39.1 Å². The van der Waals surface area contributed by atoms with E-state index in [0.717, 1.165) is 5.56 Å². The fourth-order valence-corrected chi connectivity index (χ4v) is 3.32. The summed E-state index contributed by atoms with van der Waals surface area (Å²) < 4.78 is 11.3. The van der Waals surface area contributed by atoms with Crippen LogP contribution in [0.1, 0.15) is 11.3 Å². The number of fused-ring (bicyclic) bond motifs is 1. The maximum atomic E-state index is 11.9. The number of imidazole rings is 1. The van der Waals surface area contributed by atoms with E-state index in [-0.39, 0.29) is 12.2 Å². The molecule has 0 fully saturated rings. The minimum atomic E-state index is -1.04. The summed E-state index contributed by atoms with van der Waals surface area (Å²) in [5, 5.41) is 20.9. The lowest BCUT2D eigenvalue weighted by atomic mass is 10.1. The number of benzene rings is 2. The van der Waals surface area contributed by atoms with Crippen LogP contribution in [0, 0.1) is 6.92 Å². The first-order valence-electron chi connectivity index (χ1n) is 9.60. The van der Waals surface area contributed by atoms with E-state index in [1.165, 1.54) is 19.5 Å². The Kier molecular flexibility index (Phi) is 5.44.